The van der Waals surface area contributed by atoms with Crippen LogP contribution in [0.15, 0.2) is 36.5 Å². The molecule has 2 aromatic rings. The second kappa shape index (κ2) is 6.62. The number of aromatic nitrogens is 1. The van der Waals surface area contributed by atoms with Crippen LogP contribution in [0.2, 0.25) is 0 Å². The summed E-state index contributed by atoms with van der Waals surface area (Å²) in [5.74, 6) is -0.790. The van der Waals surface area contributed by atoms with Crippen molar-refractivity contribution in [2.75, 3.05) is 19.6 Å². The first-order valence-electron chi connectivity index (χ1n) is 9.95. The van der Waals surface area contributed by atoms with E-state index in [0.29, 0.717) is 23.6 Å². The average molecular weight is 383 g/mol. The molecule has 0 saturated carbocycles. The number of likely N-dealkylation sites (tertiary alicyclic amines) is 1. The van der Waals surface area contributed by atoms with Crippen molar-refractivity contribution in [3.05, 3.63) is 65.0 Å². The van der Waals surface area contributed by atoms with E-state index in [1.165, 1.54) is 12.1 Å². The van der Waals surface area contributed by atoms with Gasteiger partial charge in [-0.3, -0.25) is 14.7 Å². The number of nitrogens with zero attached hydrogens (tertiary/aromatic N) is 3. The van der Waals surface area contributed by atoms with Crippen LogP contribution in [0.25, 0.3) is 0 Å². The summed E-state index contributed by atoms with van der Waals surface area (Å²) in [6.07, 6.45) is 3.77. The van der Waals surface area contributed by atoms with E-state index in [1.54, 1.807) is 6.20 Å². The molecule has 2 bridgehead atoms. The predicted octanol–water partition coefficient (Wildman–Crippen LogP) is 3.37. The molecule has 5 heterocycles. The first-order chi connectivity index (χ1) is 13.5. The number of pyridine rings is 1. The van der Waals surface area contributed by atoms with Crippen molar-refractivity contribution in [2.24, 2.45) is 5.92 Å². The molecule has 4 fully saturated rings. The van der Waals surface area contributed by atoms with E-state index in [-0.39, 0.29) is 23.9 Å². The highest BCUT2D eigenvalue weighted by atomic mass is 19.1. The van der Waals surface area contributed by atoms with Crippen molar-refractivity contribution >= 4 is 5.91 Å². The molecule has 1 amide bonds. The number of fused-ring (bicyclic) bond motifs is 2. The van der Waals surface area contributed by atoms with Gasteiger partial charge in [-0.1, -0.05) is 0 Å². The van der Waals surface area contributed by atoms with Gasteiger partial charge in [0.1, 0.15) is 11.6 Å². The molecule has 4 saturated heterocycles. The summed E-state index contributed by atoms with van der Waals surface area (Å²) < 4.78 is 27.8. The topological polar surface area (TPSA) is 36.4 Å². The van der Waals surface area contributed by atoms with E-state index in [4.69, 9.17) is 0 Å². The Hall–Kier alpha value is -2.34. The summed E-state index contributed by atoms with van der Waals surface area (Å²) >= 11 is 0. The second-order valence-corrected chi connectivity index (χ2v) is 8.31. The molecular formula is C22H23F2N3O. The van der Waals surface area contributed by atoms with Crippen LogP contribution in [0.3, 0.4) is 0 Å². The Morgan fingerprint density at radius 2 is 1.79 bits per heavy atom. The third-order valence-corrected chi connectivity index (χ3v) is 6.73. The summed E-state index contributed by atoms with van der Waals surface area (Å²) in [6.45, 7) is 4.36. The third kappa shape index (κ3) is 2.82. The van der Waals surface area contributed by atoms with Crippen molar-refractivity contribution in [1.82, 2.24) is 14.8 Å². The number of piperidine rings is 3. The first-order valence-corrected chi connectivity index (χ1v) is 9.95. The standard InChI is InChI=1S/C22H23F2N3O/c1-13-2-3-15(11-25-13)22(28)27-12-19(16-8-17(23)10-18(24)9-16)21-20(27)14-4-6-26(21)7-5-14/h2-3,8-11,14,19-21H,4-7,12H2,1H3/t19-,20-,21-/m1/s1. The molecule has 4 nitrogen and oxygen atoms in total. The van der Waals surface area contributed by atoms with E-state index in [1.807, 2.05) is 24.0 Å². The second-order valence-electron chi connectivity index (χ2n) is 8.31. The molecule has 0 spiro atoms. The van der Waals surface area contributed by atoms with Gasteiger partial charge >= 0.3 is 0 Å². The Morgan fingerprint density at radius 1 is 1.07 bits per heavy atom. The highest BCUT2D eigenvalue weighted by molar-refractivity contribution is 5.94. The fourth-order valence-electron chi connectivity index (χ4n) is 5.50. The minimum atomic E-state index is -0.560. The number of amides is 1. The number of carbonyl (C=O) groups excluding carboxylic acids is 1. The highest BCUT2D eigenvalue weighted by Crippen LogP contribution is 2.47. The largest absolute Gasteiger partial charge is 0.333 e. The maximum Gasteiger partial charge on any atom is 0.255 e. The number of hydrogen-bond donors (Lipinski definition) is 0. The quantitative estimate of drug-likeness (QED) is 0.798. The van der Waals surface area contributed by atoms with Crippen molar-refractivity contribution in [3.8, 4) is 0 Å². The van der Waals surface area contributed by atoms with Crippen LogP contribution in [-0.2, 0) is 0 Å². The van der Waals surface area contributed by atoms with E-state index >= 15 is 0 Å². The number of aryl methyl sites for hydroxylation is 1. The lowest BCUT2D eigenvalue weighted by atomic mass is 9.75. The molecule has 4 aliphatic rings. The molecule has 3 atom stereocenters. The van der Waals surface area contributed by atoms with Crippen LogP contribution in [0.1, 0.15) is 40.4 Å². The number of rotatable bonds is 2. The van der Waals surface area contributed by atoms with Crippen LogP contribution < -0.4 is 0 Å². The lowest BCUT2D eigenvalue weighted by Crippen LogP contribution is -2.60. The zero-order chi connectivity index (χ0) is 19.4. The van der Waals surface area contributed by atoms with E-state index < -0.39 is 11.6 Å². The third-order valence-electron chi connectivity index (χ3n) is 6.73. The van der Waals surface area contributed by atoms with Gasteiger partial charge in [0, 0.05) is 36.5 Å². The van der Waals surface area contributed by atoms with E-state index in [9.17, 15) is 13.6 Å². The highest BCUT2D eigenvalue weighted by Gasteiger charge is 2.54. The van der Waals surface area contributed by atoms with Crippen molar-refractivity contribution in [3.63, 3.8) is 0 Å². The van der Waals surface area contributed by atoms with Gasteiger partial charge in [-0.25, -0.2) is 8.78 Å². The number of hydrogen-bond acceptors (Lipinski definition) is 3. The van der Waals surface area contributed by atoms with Crippen molar-refractivity contribution in [2.45, 2.75) is 37.8 Å². The van der Waals surface area contributed by atoms with Gasteiger partial charge in [-0.2, -0.15) is 0 Å². The molecule has 28 heavy (non-hydrogen) atoms. The molecule has 0 unspecified atom stereocenters. The Kier molecular flexibility index (Phi) is 4.19. The van der Waals surface area contributed by atoms with Gasteiger partial charge in [-0.05, 0) is 68.6 Å². The Bertz CT molecular complexity index is 888. The van der Waals surface area contributed by atoms with Crippen molar-refractivity contribution in [1.29, 1.82) is 0 Å². The molecule has 1 aromatic heterocycles. The van der Waals surface area contributed by atoms with Gasteiger partial charge in [-0.15, -0.1) is 0 Å². The van der Waals surface area contributed by atoms with Gasteiger partial charge in [0.15, 0.2) is 0 Å². The summed E-state index contributed by atoms with van der Waals surface area (Å²) in [4.78, 5) is 21.9. The predicted molar refractivity (Wildman–Crippen MR) is 101 cm³/mol. The molecule has 6 rings (SSSR count). The maximum absolute atomic E-state index is 13.9. The fraction of sp³-hybridized carbons (Fsp3) is 0.455. The van der Waals surface area contributed by atoms with E-state index in [2.05, 4.69) is 9.88 Å². The zero-order valence-electron chi connectivity index (χ0n) is 15.8. The van der Waals surface area contributed by atoms with Crippen LogP contribution in [0.5, 0.6) is 0 Å². The minimum absolute atomic E-state index is 0.0318. The van der Waals surface area contributed by atoms with Crippen LogP contribution in [-0.4, -0.2) is 52.4 Å². The summed E-state index contributed by atoms with van der Waals surface area (Å²) in [5, 5.41) is 0. The smallest absolute Gasteiger partial charge is 0.255 e. The molecule has 1 aromatic carbocycles. The summed E-state index contributed by atoms with van der Waals surface area (Å²) in [6, 6.07) is 7.63. The monoisotopic (exact) mass is 383 g/mol. The molecular weight excluding hydrogens is 360 g/mol. The van der Waals surface area contributed by atoms with Crippen LogP contribution >= 0.6 is 0 Å². The summed E-state index contributed by atoms with van der Waals surface area (Å²) in [5.41, 5.74) is 2.09. The Labute approximate surface area is 163 Å². The molecule has 146 valence electrons. The summed E-state index contributed by atoms with van der Waals surface area (Å²) in [7, 11) is 0. The fourth-order valence-corrected chi connectivity index (χ4v) is 5.50. The molecule has 0 N–H and O–H groups in total. The number of benzene rings is 1. The normalized spacial score (nSPS) is 31.1. The SMILES string of the molecule is Cc1ccc(C(=O)N2C[C@H](c3cc(F)cc(F)c3)[C@@H]3[C@H]2C2CCN3CC2)cn1. The van der Waals surface area contributed by atoms with Gasteiger partial charge in [0.05, 0.1) is 11.6 Å². The van der Waals surface area contributed by atoms with E-state index in [0.717, 1.165) is 37.7 Å². The zero-order valence-corrected chi connectivity index (χ0v) is 15.8. The van der Waals surface area contributed by atoms with Crippen LogP contribution in [0, 0.1) is 24.5 Å². The minimum Gasteiger partial charge on any atom is -0.333 e. The molecule has 0 radical (unpaired) electrons. The first kappa shape index (κ1) is 17.7. The van der Waals surface area contributed by atoms with Gasteiger partial charge in [0.25, 0.3) is 5.91 Å². The average Bonchev–Trinajstić information content (AvgIpc) is 3.11. The van der Waals surface area contributed by atoms with Gasteiger partial charge in [0.2, 0.25) is 0 Å². The Morgan fingerprint density at radius 3 is 2.43 bits per heavy atom. The number of carbonyl (C=O) groups is 1. The molecule has 0 aliphatic carbocycles. The molecule has 6 heteroatoms. The van der Waals surface area contributed by atoms with Gasteiger partial charge < -0.3 is 4.90 Å². The lowest BCUT2D eigenvalue weighted by molar-refractivity contribution is -0.00344. The van der Waals surface area contributed by atoms with Crippen LogP contribution in [0.4, 0.5) is 8.78 Å². The Balaban J connectivity index is 1.53. The maximum atomic E-state index is 13.9. The van der Waals surface area contributed by atoms with Crippen molar-refractivity contribution < 1.29 is 13.6 Å². The molecule has 4 aliphatic heterocycles. The lowest BCUT2D eigenvalue weighted by Gasteiger charge is -2.51. The number of halogens is 2.